The van der Waals surface area contributed by atoms with Crippen molar-refractivity contribution >= 4 is 23.1 Å². The van der Waals surface area contributed by atoms with Crippen LogP contribution in [0.2, 0.25) is 0 Å². The van der Waals surface area contributed by atoms with E-state index in [1.165, 1.54) is 36.4 Å². The second-order valence-corrected chi connectivity index (χ2v) is 7.56. The van der Waals surface area contributed by atoms with Crippen LogP contribution in [0.4, 0.5) is 0 Å². The highest BCUT2D eigenvalue weighted by Gasteiger charge is 2.12. The number of thiophene rings is 1. The maximum absolute atomic E-state index is 10.4. The van der Waals surface area contributed by atoms with Gasteiger partial charge in [0.05, 0.1) is 4.92 Å². The number of thioether (sulfide) groups is 1. The van der Waals surface area contributed by atoms with Gasteiger partial charge in [-0.3, -0.25) is 15.0 Å². The van der Waals surface area contributed by atoms with E-state index in [4.69, 9.17) is 0 Å². The van der Waals surface area contributed by atoms with Crippen molar-refractivity contribution in [3.63, 3.8) is 0 Å². The van der Waals surface area contributed by atoms with Crippen molar-refractivity contribution in [3.8, 4) is 0 Å². The molecule has 8 heteroatoms. The van der Waals surface area contributed by atoms with Crippen LogP contribution in [-0.4, -0.2) is 42.3 Å². The van der Waals surface area contributed by atoms with Gasteiger partial charge in [-0.05, 0) is 42.9 Å². The molecular formula is C15H24N4O2S2. The third-order valence-corrected chi connectivity index (χ3v) is 5.80. The molecule has 1 aromatic rings. The maximum Gasteiger partial charge on any atom is 0.274 e. The lowest BCUT2D eigenvalue weighted by atomic mass is 10.3. The number of hydrogen-bond acceptors (Lipinski definition) is 7. The van der Waals surface area contributed by atoms with Crippen molar-refractivity contribution < 1.29 is 4.92 Å². The third kappa shape index (κ3) is 6.80. The Morgan fingerprint density at radius 2 is 2.30 bits per heavy atom. The molecule has 2 heterocycles. The summed E-state index contributed by atoms with van der Waals surface area (Å²) in [6.07, 6.45) is 3.62. The quantitative estimate of drug-likeness (QED) is 0.381. The van der Waals surface area contributed by atoms with Gasteiger partial charge in [0.2, 0.25) is 0 Å². The van der Waals surface area contributed by atoms with Crippen LogP contribution in [0.15, 0.2) is 23.5 Å². The maximum atomic E-state index is 10.4. The summed E-state index contributed by atoms with van der Waals surface area (Å²) in [4.78, 5) is 13.9. The van der Waals surface area contributed by atoms with E-state index in [1.54, 1.807) is 7.05 Å². The van der Waals surface area contributed by atoms with Gasteiger partial charge in [-0.25, -0.2) is 0 Å². The number of nitrogens with one attached hydrogen (secondary N) is 2. The summed E-state index contributed by atoms with van der Waals surface area (Å²) in [7, 11) is 1.67. The van der Waals surface area contributed by atoms with Gasteiger partial charge < -0.3 is 10.6 Å². The van der Waals surface area contributed by atoms with Crippen LogP contribution >= 0.6 is 23.1 Å². The summed E-state index contributed by atoms with van der Waals surface area (Å²) in [5, 5.41) is 18.5. The molecule has 0 radical (unpaired) electrons. The average molecular weight is 357 g/mol. The fraction of sp³-hybridized carbons (Fsp3) is 0.600. The fourth-order valence-corrected chi connectivity index (χ4v) is 4.38. The second-order valence-electron chi connectivity index (χ2n) is 5.46. The molecular weight excluding hydrogens is 332 g/mol. The smallest absolute Gasteiger partial charge is 0.274 e. The molecule has 1 fully saturated rings. The van der Waals surface area contributed by atoms with E-state index in [-0.39, 0.29) is 0 Å². The highest BCUT2D eigenvalue weighted by Crippen LogP contribution is 2.22. The Balaban J connectivity index is 1.62. The summed E-state index contributed by atoms with van der Waals surface area (Å²) in [5.41, 5.74) is 1.43. The SMILES string of the molecule is CN/C(=C\[N+](=O)[O-])NCCSCc1cc(CN2CCCC2)cs1. The molecule has 1 aromatic heterocycles. The first-order valence-electron chi connectivity index (χ1n) is 7.80. The standard InChI is InChI=1S/C15H24N4O2S2/c1-16-15(10-19(20)21)17-4-7-22-12-14-8-13(11-23-14)9-18-5-2-3-6-18/h8,10-11,16-17H,2-7,9,12H2,1H3/b15-10+. The zero-order valence-electron chi connectivity index (χ0n) is 13.4. The van der Waals surface area contributed by atoms with Gasteiger partial charge in [-0.2, -0.15) is 11.8 Å². The molecule has 0 aliphatic carbocycles. The Labute approximate surface area is 145 Å². The molecule has 0 unspecified atom stereocenters. The Bertz CT molecular complexity index is 527. The summed E-state index contributed by atoms with van der Waals surface area (Å²) in [6, 6.07) is 2.31. The Kier molecular flexibility index (Phi) is 7.70. The molecule has 0 saturated carbocycles. The van der Waals surface area contributed by atoms with Crippen molar-refractivity contribution in [3.05, 3.63) is 44.0 Å². The topological polar surface area (TPSA) is 70.4 Å². The van der Waals surface area contributed by atoms with Crippen LogP contribution in [0.5, 0.6) is 0 Å². The number of likely N-dealkylation sites (tertiary alicyclic amines) is 1. The van der Waals surface area contributed by atoms with Gasteiger partial charge in [-0.15, -0.1) is 11.3 Å². The molecule has 23 heavy (non-hydrogen) atoms. The van der Waals surface area contributed by atoms with E-state index in [2.05, 4.69) is 27.0 Å². The van der Waals surface area contributed by atoms with E-state index in [0.29, 0.717) is 12.4 Å². The Hall–Kier alpha value is -1.25. The number of hydrogen-bond donors (Lipinski definition) is 2. The van der Waals surface area contributed by atoms with Gasteiger partial charge in [-0.1, -0.05) is 0 Å². The lowest BCUT2D eigenvalue weighted by molar-refractivity contribution is -0.404. The molecule has 0 spiro atoms. The van der Waals surface area contributed by atoms with E-state index in [9.17, 15) is 10.1 Å². The van der Waals surface area contributed by atoms with Crippen LogP contribution in [0.3, 0.4) is 0 Å². The molecule has 0 amide bonds. The van der Waals surface area contributed by atoms with Crippen molar-refractivity contribution in [2.24, 2.45) is 0 Å². The van der Waals surface area contributed by atoms with Gasteiger partial charge in [0.15, 0.2) is 5.82 Å². The Morgan fingerprint density at radius 1 is 1.52 bits per heavy atom. The predicted molar refractivity (Wildman–Crippen MR) is 97.1 cm³/mol. The van der Waals surface area contributed by atoms with Crippen molar-refractivity contribution in [1.29, 1.82) is 0 Å². The minimum absolute atomic E-state index is 0.444. The number of nitro groups is 1. The van der Waals surface area contributed by atoms with Crippen LogP contribution in [0.25, 0.3) is 0 Å². The summed E-state index contributed by atoms with van der Waals surface area (Å²) in [6.45, 7) is 4.26. The van der Waals surface area contributed by atoms with E-state index >= 15 is 0 Å². The van der Waals surface area contributed by atoms with E-state index in [0.717, 1.165) is 24.3 Å². The highest BCUT2D eigenvalue weighted by molar-refractivity contribution is 7.98. The minimum Gasteiger partial charge on any atom is -0.370 e. The summed E-state index contributed by atoms with van der Waals surface area (Å²) >= 11 is 3.67. The summed E-state index contributed by atoms with van der Waals surface area (Å²) < 4.78 is 0. The first-order valence-corrected chi connectivity index (χ1v) is 9.84. The largest absolute Gasteiger partial charge is 0.370 e. The van der Waals surface area contributed by atoms with Crippen LogP contribution in [0, 0.1) is 10.1 Å². The van der Waals surface area contributed by atoms with Gasteiger partial charge >= 0.3 is 0 Å². The molecule has 0 bridgehead atoms. The number of nitrogens with zero attached hydrogens (tertiary/aromatic N) is 2. The van der Waals surface area contributed by atoms with E-state index < -0.39 is 4.92 Å². The molecule has 128 valence electrons. The Morgan fingerprint density at radius 3 is 3.00 bits per heavy atom. The monoisotopic (exact) mass is 356 g/mol. The van der Waals surface area contributed by atoms with Crippen molar-refractivity contribution in [2.75, 3.05) is 32.4 Å². The first kappa shape index (κ1) is 18.1. The molecule has 6 nitrogen and oxygen atoms in total. The molecule has 1 aliphatic rings. The minimum atomic E-state index is -0.459. The normalized spacial score (nSPS) is 15.8. The van der Waals surface area contributed by atoms with Crippen LogP contribution in [0.1, 0.15) is 23.3 Å². The van der Waals surface area contributed by atoms with Crippen molar-refractivity contribution in [2.45, 2.75) is 25.1 Å². The van der Waals surface area contributed by atoms with Crippen molar-refractivity contribution in [1.82, 2.24) is 15.5 Å². The molecule has 0 aromatic carbocycles. The molecule has 1 aliphatic heterocycles. The fourth-order valence-electron chi connectivity index (χ4n) is 2.52. The average Bonchev–Trinajstić information content (AvgIpc) is 3.18. The second kappa shape index (κ2) is 9.79. The molecule has 1 saturated heterocycles. The van der Waals surface area contributed by atoms with Gasteiger partial charge in [0.1, 0.15) is 0 Å². The van der Waals surface area contributed by atoms with E-state index in [1.807, 2.05) is 23.1 Å². The zero-order valence-corrected chi connectivity index (χ0v) is 15.0. The lowest BCUT2D eigenvalue weighted by Gasteiger charge is -2.12. The lowest BCUT2D eigenvalue weighted by Crippen LogP contribution is -2.26. The molecule has 0 atom stereocenters. The predicted octanol–water partition coefficient (Wildman–Crippen LogP) is 2.46. The van der Waals surface area contributed by atoms with Gasteiger partial charge in [0.25, 0.3) is 6.20 Å². The number of rotatable bonds is 10. The van der Waals surface area contributed by atoms with Gasteiger partial charge in [0, 0.05) is 36.5 Å². The molecule has 2 rings (SSSR count). The summed E-state index contributed by atoms with van der Waals surface area (Å²) in [5.74, 6) is 2.36. The molecule has 2 N–H and O–H groups in total. The first-order chi connectivity index (χ1) is 11.2. The zero-order chi connectivity index (χ0) is 16.5. The van der Waals surface area contributed by atoms with Crippen LogP contribution < -0.4 is 10.6 Å². The van der Waals surface area contributed by atoms with Crippen LogP contribution in [-0.2, 0) is 12.3 Å². The third-order valence-electron chi connectivity index (χ3n) is 3.62. The highest BCUT2D eigenvalue weighted by atomic mass is 32.2.